The van der Waals surface area contributed by atoms with E-state index < -0.39 is 6.10 Å². The lowest BCUT2D eigenvalue weighted by Crippen LogP contribution is -2.38. The van der Waals surface area contributed by atoms with E-state index in [1.807, 2.05) is 19.1 Å². The molecule has 0 saturated heterocycles. The summed E-state index contributed by atoms with van der Waals surface area (Å²) in [7, 11) is 0. The number of guanidine groups is 1. The number of aliphatic imine (C=N–C) groups is 1. The van der Waals surface area contributed by atoms with E-state index in [1.54, 1.807) is 22.7 Å². The van der Waals surface area contributed by atoms with E-state index in [2.05, 4.69) is 58.0 Å². The number of aliphatic hydroxyl groups excluding tert-OH is 1. The van der Waals surface area contributed by atoms with Crippen molar-refractivity contribution in [3.63, 3.8) is 0 Å². The van der Waals surface area contributed by atoms with Gasteiger partial charge in [-0.15, -0.1) is 22.7 Å². The Labute approximate surface area is 174 Å². The molecular weight excluding hydrogens is 388 g/mol. The average Bonchev–Trinajstić information content (AvgIpc) is 3.32. The van der Waals surface area contributed by atoms with Crippen LogP contribution in [-0.2, 0) is 6.42 Å². The monoisotopic (exact) mass is 416 g/mol. The molecule has 3 N–H and O–H groups in total. The summed E-state index contributed by atoms with van der Waals surface area (Å²) in [5, 5.41) is 21.6. The van der Waals surface area contributed by atoms with Gasteiger partial charge in [0, 0.05) is 40.4 Å². The summed E-state index contributed by atoms with van der Waals surface area (Å²) in [4.78, 5) is 10.2. The van der Waals surface area contributed by atoms with Gasteiger partial charge in [0.05, 0.1) is 17.2 Å². The van der Waals surface area contributed by atoms with E-state index in [9.17, 15) is 5.11 Å². The Bertz CT molecular complexity index is 883. The third kappa shape index (κ3) is 5.53. The Kier molecular flexibility index (Phi) is 7.42. The van der Waals surface area contributed by atoms with Gasteiger partial charge in [0.1, 0.15) is 6.10 Å². The number of hydrogen-bond donors (Lipinski definition) is 3. The summed E-state index contributed by atoms with van der Waals surface area (Å²) in [5.74, 6) is 1.20. The van der Waals surface area contributed by atoms with Gasteiger partial charge < -0.3 is 15.7 Å². The summed E-state index contributed by atoms with van der Waals surface area (Å²) in [6.45, 7) is 8.23. The van der Waals surface area contributed by atoms with Crippen LogP contribution in [0.5, 0.6) is 0 Å². The van der Waals surface area contributed by atoms with Crippen molar-refractivity contribution in [3.8, 4) is 0 Å². The lowest BCUT2D eigenvalue weighted by atomic mass is 10.2. The molecule has 2 heterocycles. The fourth-order valence-corrected chi connectivity index (χ4v) is 4.70. The zero-order valence-corrected chi connectivity index (χ0v) is 18.2. The van der Waals surface area contributed by atoms with Gasteiger partial charge in [-0.25, -0.2) is 4.98 Å². The molecule has 0 radical (unpaired) electrons. The number of aliphatic hydroxyl groups is 1. The number of benzene rings is 1. The predicted octanol–water partition coefficient (Wildman–Crippen LogP) is 4.31. The van der Waals surface area contributed by atoms with Crippen molar-refractivity contribution in [3.05, 3.63) is 51.3 Å². The Morgan fingerprint density at radius 1 is 1.25 bits per heavy atom. The van der Waals surface area contributed by atoms with Crippen molar-refractivity contribution in [1.29, 1.82) is 0 Å². The molecule has 28 heavy (non-hydrogen) atoms. The van der Waals surface area contributed by atoms with Crippen molar-refractivity contribution in [1.82, 2.24) is 15.6 Å². The quantitative estimate of drug-likeness (QED) is 0.378. The van der Waals surface area contributed by atoms with Crippen LogP contribution in [0.4, 0.5) is 0 Å². The first-order valence-corrected chi connectivity index (χ1v) is 11.4. The van der Waals surface area contributed by atoms with Crippen LogP contribution in [0.25, 0.3) is 10.1 Å². The molecule has 5 nitrogen and oxygen atoms in total. The van der Waals surface area contributed by atoms with Crippen LogP contribution in [0.1, 0.15) is 48.4 Å². The molecule has 0 fully saturated rings. The molecule has 0 amide bonds. The van der Waals surface area contributed by atoms with E-state index in [0.29, 0.717) is 12.5 Å². The van der Waals surface area contributed by atoms with Crippen molar-refractivity contribution < 1.29 is 5.11 Å². The fourth-order valence-electron chi connectivity index (χ4n) is 2.79. The molecule has 0 spiro atoms. The summed E-state index contributed by atoms with van der Waals surface area (Å²) < 4.78 is 1.19. The highest BCUT2D eigenvalue weighted by Gasteiger charge is 2.11. The molecule has 0 aliphatic rings. The van der Waals surface area contributed by atoms with Gasteiger partial charge in [-0.2, -0.15) is 0 Å². The number of aromatic nitrogens is 1. The highest BCUT2D eigenvalue weighted by atomic mass is 32.1. The highest BCUT2D eigenvalue weighted by molar-refractivity contribution is 7.19. The van der Waals surface area contributed by atoms with Gasteiger partial charge in [0.15, 0.2) is 5.96 Å². The summed E-state index contributed by atoms with van der Waals surface area (Å²) in [5.41, 5.74) is 1.11. The molecule has 3 aromatic rings. The number of thiazole rings is 1. The van der Waals surface area contributed by atoms with E-state index in [4.69, 9.17) is 0 Å². The lowest BCUT2D eigenvalue weighted by Gasteiger charge is -2.12. The van der Waals surface area contributed by atoms with Gasteiger partial charge in [-0.1, -0.05) is 32.0 Å². The molecule has 7 heteroatoms. The maximum absolute atomic E-state index is 10.5. The normalized spacial score (nSPS) is 13.2. The molecule has 150 valence electrons. The van der Waals surface area contributed by atoms with E-state index in [1.165, 1.54) is 15.1 Å². The number of rotatable bonds is 8. The van der Waals surface area contributed by atoms with Crippen molar-refractivity contribution in [2.24, 2.45) is 4.99 Å². The predicted molar refractivity (Wildman–Crippen MR) is 121 cm³/mol. The van der Waals surface area contributed by atoms with Crippen LogP contribution >= 0.6 is 22.7 Å². The maximum Gasteiger partial charge on any atom is 0.191 e. The van der Waals surface area contributed by atoms with Crippen LogP contribution < -0.4 is 10.6 Å². The molecular formula is C21H28N4OS2. The minimum atomic E-state index is -0.597. The lowest BCUT2D eigenvalue weighted by molar-refractivity contribution is 0.191. The van der Waals surface area contributed by atoms with Crippen LogP contribution in [0.15, 0.2) is 40.7 Å². The second-order valence-corrected chi connectivity index (χ2v) is 8.94. The van der Waals surface area contributed by atoms with E-state index >= 15 is 0 Å². The number of thiophene rings is 1. The maximum atomic E-state index is 10.5. The third-order valence-electron chi connectivity index (χ3n) is 4.28. The minimum absolute atomic E-state index is 0.330. The van der Waals surface area contributed by atoms with Crippen molar-refractivity contribution in [2.45, 2.75) is 39.2 Å². The molecule has 3 rings (SSSR count). The smallest absolute Gasteiger partial charge is 0.191 e. The molecule has 1 unspecified atom stereocenters. The average molecular weight is 417 g/mol. The van der Waals surface area contributed by atoms with Gasteiger partial charge in [0.25, 0.3) is 0 Å². The molecule has 0 bridgehead atoms. The molecule has 2 aromatic heterocycles. The van der Waals surface area contributed by atoms with Crippen LogP contribution in [0.2, 0.25) is 0 Å². The first kappa shape index (κ1) is 20.8. The standard InChI is InChI=1S/C21H28N4OS2/c1-4-22-21(23-10-9-16-13-27-20(25-16)14(2)3)24-12-17(26)19-11-15-7-5-6-8-18(15)28-19/h5-8,11,13-14,17,26H,4,9-10,12H2,1-3H3,(H2,22,23,24). The molecule has 0 saturated carbocycles. The van der Waals surface area contributed by atoms with Crippen LogP contribution in [0, 0.1) is 0 Å². The van der Waals surface area contributed by atoms with Crippen LogP contribution in [0.3, 0.4) is 0 Å². The summed E-state index contributed by atoms with van der Waals surface area (Å²) >= 11 is 3.35. The Morgan fingerprint density at radius 2 is 2.07 bits per heavy atom. The van der Waals surface area contributed by atoms with Gasteiger partial charge >= 0.3 is 0 Å². The first-order valence-electron chi connectivity index (χ1n) is 9.69. The molecule has 0 aliphatic carbocycles. The fraction of sp³-hybridized carbons (Fsp3) is 0.429. The van der Waals surface area contributed by atoms with Crippen molar-refractivity contribution in [2.75, 3.05) is 19.6 Å². The number of nitrogens with zero attached hydrogens (tertiary/aromatic N) is 2. The number of hydrogen-bond acceptors (Lipinski definition) is 5. The largest absolute Gasteiger partial charge is 0.386 e. The van der Waals surface area contributed by atoms with Gasteiger partial charge in [0.2, 0.25) is 0 Å². The van der Waals surface area contributed by atoms with Crippen molar-refractivity contribution >= 4 is 38.7 Å². The minimum Gasteiger partial charge on any atom is -0.386 e. The Hall–Kier alpha value is -1.96. The topological polar surface area (TPSA) is 69.5 Å². The molecule has 0 aliphatic heterocycles. The highest BCUT2D eigenvalue weighted by Crippen LogP contribution is 2.29. The second kappa shape index (κ2) is 10.0. The zero-order valence-electron chi connectivity index (χ0n) is 16.6. The van der Waals surface area contributed by atoms with E-state index in [-0.39, 0.29) is 0 Å². The van der Waals surface area contributed by atoms with Gasteiger partial charge in [-0.3, -0.25) is 4.99 Å². The SMILES string of the molecule is CCNC(=NCC(O)c1cc2ccccc2s1)NCCc1csc(C(C)C)n1. The summed E-state index contributed by atoms with van der Waals surface area (Å²) in [6.07, 6.45) is 0.256. The summed E-state index contributed by atoms with van der Waals surface area (Å²) in [6, 6.07) is 10.2. The first-order chi connectivity index (χ1) is 13.6. The van der Waals surface area contributed by atoms with Crippen LogP contribution in [-0.4, -0.2) is 35.7 Å². The van der Waals surface area contributed by atoms with E-state index in [0.717, 1.165) is 36.0 Å². The van der Waals surface area contributed by atoms with Gasteiger partial charge in [-0.05, 0) is 24.4 Å². The number of fused-ring (bicyclic) bond motifs is 1. The zero-order chi connectivity index (χ0) is 19.9. The Balaban J connectivity index is 1.55. The molecule has 1 atom stereocenters. The third-order valence-corrected chi connectivity index (χ3v) is 6.69. The molecule has 1 aromatic carbocycles. The Morgan fingerprint density at radius 3 is 2.79 bits per heavy atom. The number of nitrogens with one attached hydrogen (secondary N) is 2. The second-order valence-electron chi connectivity index (χ2n) is 6.93.